The average Bonchev–Trinajstić information content (AvgIpc) is 2.60. The summed E-state index contributed by atoms with van der Waals surface area (Å²) in [6, 6.07) is 7.82. The van der Waals surface area contributed by atoms with E-state index in [9.17, 15) is 4.79 Å². The van der Waals surface area contributed by atoms with Crippen molar-refractivity contribution in [3.8, 4) is 17.0 Å². The molecule has 0 atom stereocenters. The van der Waals surface area contributed by atoms with E-state index in [2.05, 4.69) is 43.5 Å². The van der Waals surface area contributed by atoms with Gasteiger partial charge in [-0.3, -0.25) is 4.98 Å². The van der Waals surface area contributed by atoms with Crippen molar-refractivity contribution in [2.24, 2.45) is 0 Å². The molecule has 0 radical (unpaired) electrons. The van der Waals surface area contributed by atoms with Gasteiger partial charge in [0.15, 0.2) is 5.75 Å². The molecule has 0 N–H and O–H groups in total. The van der Waals surface area contributed by atoms with E-state index in [1.165, 1.54) is 14.2 Å². The maximum Gasteiger partial charge on any atom is 0.342 e. The summed E-state index contributed by atoms with van der Waals surface area (Å²) in [5.74, 6) is -0.124. The molecule has 1 aromatic carbocycles. The van der Waals surface area contributed by atoms with Gasteiger partial charge in [0, 0.05) is 26.9 Å². The number of carbonyl (C=O) groups is 1. The number of ether oxygens (including phenoxy) is 2. The first-order valence-corrected chi connectivity index (χ1v) is 8.79. The molecular formula is C17H12BrIN2O3. The van der Waals surface area contributed by atoms with Crippen LogP contribution in [0, 0.1) is 3.57 Å². The van der Waals surface area contributed by atoms with Crippen LogP contribution >= 0.6 is 38.5 Å². The number of hydrogen-bond acceptors (Lipinski definition) is 5. The zero-order chi connectivity index (χ0) is 17.3. The fourth-order valence-electron chi connectivity index (χ4n) is 2.43. The molecule has 2 aromatic heterocycles. The van der Waals surface area contributed by atoms with Gasteiger partial charge in [-0.05, 0) is 50.7 Å². The third kappa shape index (κ3) is 2.98. The van der Waals surface area contributed by atoms with Crippen LogP contribution in [0.2, 0.25) is 0 Å². The van der Waals surface area contributed by atoms with Crippen LogP contribution in [0.25, 0.3) is 22.2 Å². The summed E-state index contributed by atoms with van der Waals surface area (Å²) >= 11 is 5.68. The number of nitrogens with zero attached hydrogens (tertiary/aromatic N) is 2. The SMILES string of the molecule is COC(=O)c1c(OC)c(-c2ccc(I)cc2)nc2c(Br)cncc12. The molecule has 122 valence electrons. The highest BCUT2D eigenvalue weighted by atomic mass is 127. The van der Waals surface area contributed by atoms with E-state index in [1.54, 1.807) is 12.4 Å². The minimum absolute atomic E-state index is 0.312. The predicted octanol–water partition coefficient (Wildman–Crippen LogP) is 4.46. The summed E-state index contributed by atoms with van der Waals surface area (Å²) in [6.07, 6.45) is 3.22. The molecule has 0 amide bonds. The van der Waals surface area contributed by atoms with Crippen LogP contribution in [-0.2, 0) is 4.74 Å². The molecule has 0 aliphatic heterocycles. The maximum absolute atomic E-state index is 12.4. The van der Waals surface area contributed by atoms with E-state index in [-0.39, 0.29) is 0 Å². The lowest BCUT2D eigenvalue weighted by Gasteiger charge is -2.15. The fraction of sp³-hybridized carbons (Fsp3) is 0.118. The molecule has 2 heterocycles. The predicted molar refractivity (Wildman–Crippen MR) is 103 cm³/mol. The number of methoxy groups -OCH3 is 2. The van der Waals surface area contributed by atoms with Gasteiger partial charge >= 0.3 is 5.97 Å². The zero-order valence-electron chi connectivity index (χ0n) is 12.8. The van der Waals surface area contributed by atoms with Crippen LogP contribution in [0.3, 0.4) is 0 Å². The van der Waals surface area contributed by atoms with Crippen LogP contribution in [0.1, 0.15) is 10.4 Å². The van der Waals surface area contributed by atoms with Crippen LogP contribution in [0.4, 0.5) is 0 Å². The second-order valence-corrected chi connectivity index (χ2v) is 6.98. The second kappa shape index (κ2) is 7.02. The molecule has 5 nitrogen and oxygen atoms in total. The van der Waals surface area contributed by atoms with Crippen molar-refractivity contribution >= 4 is 55.4 Å². The summed E-state index contributed by atoms with van der Waals surface area (Å²) in [4.78, 5) is 21.2. The number of esters is 1. The minimum Gasteiger partial charge on any atom is -0.494 e. The molecule has 0 saturated carbocycles. The normalized spacial score (nSPS) is 10.7. The summed E-state index contributed by atoms with van der Waals surface area (Å²) < 4.78 is 12.3. The van der Waals surface area contributed by atoms with Crippen molar-refractivity contribution in [2.75, 3.05) is 14.2 Å². The van der Waals surface area contributed by atoms with Crippen molar-refractivity contribution in [3.05, 3.63) is 50.3 Å². The summed E-state index contributed by atoms with van der Waals surface area (Å²) in [5, 5.41) is 0.572. The van der Waals surface area contributed by atoms with Crippen molar-refractivity contribution in [3.63, 3.8) is 0 Å². The van der Waals surface area contributed by atoms with Gasteiger partial charge in [0.2, 0.25) is 0 Å². The van der Waals surface area contributed by atoms with Crippen LogP contribution in [0.15, 0.2) is 41.1 Å². The molecule has 0 bridgehead atoms. The molecular weight excluding hydrogens is 487 g/mol. The molecule has 0 unspecified atom stereocenters. The number of halogens is 2. The third-order valence-electron chi connectivity index (χ3n) is 3.52. The van der Waals surface area contributed by atoms with E-state index in [0.29, 0.717) is 32.4 Å². The quantitative estimate of drug-likeness (QED) is 0.394. The van der Waals surface area contributed by atoms with Crippen LogP contribution in [0.5, 0.6) is 5.75 Å². The molecule has 3 aromatic rings. The molecule has 0 aliphatic rings. The first-order valence-electron chi connectivity index (χ1n) is 6.92. The Bertz CT molecular complexity index is 929. The van der Waals surface area contributed by atoms with Gasteiger partial charge in [-0.15, -0.1) is 0 Å². The largest absolute Gasteiger partial charge is 0.494 e. The lowest BCUT2D eigenvalue weighted by molar-refractivity contribution is 0.0599. The Balaban J connectivity index is 2.43. The molecule has 3 rings (SSSR count). The highest BCUT2D eigenvalue weighted by Gasteiger charge is 2.24. The number of aromatic nitrogens is 2. The van der Waals surface area contributed by atoms with E-state index >= 15 is 0 Å². The third-order valence-corrected chi connectivity index (χ3v) is 4.82. The van der Waals surface area contributed by atoms with Crippen molar-refractivity contribution in [2.45, 2.75) is 0 Å². The Morgan fingerprint density at radius 3 is 2.50 bits per heavy atom. The Kier molecular flexibility index (Phi) is 5.00. The first kappa shape index (κ1) is 17.1. The molecule has 0 spiro atoms. The molecule has 0 aliphatic carbocycles. The van der Waals surface area contributed by atoms with Crippen LogP contribution < -0.4 is 4.74 Å². The van der Waals surface area contributed by atoms with E-state index in [1.807, 2.05) is 24.3 Å². The topological polar surface area (TPSA) is 61.3 Å². The fourth-order valence-corrected chi connectivity index (χ4v) is 3.21. The van der Waals surface area contributed by atoms with E-state index in [4.69, 9.17) is 14.5 Å². The smallest absolute Gasteiger partial charge is 0.342 e. The lowest BCUT2D eigenvalue weighted by Crippen LogP contribution is -2.08. The van der Waals surface area contributed by atoms with Crippen molar-refractivity contribution < 1.29 is 14.3 Å². The molecule has 7 heteroatoms. The van der Waals surface area contributed by atoms with Gasteiger partial charge in [-0.25, -0.2) is 9.78 Å². The molecule has 0 saturated heterocycles. The van der Waals surface area contributed by atoms with Gasteiger partial charge in [-0.2, -0.15) is 0 Å². The number of pyridine rings is 2. The van der Waals surface area contributed by atoms with Crippen molar-refractivity contribution in [1.29, 1.82) is 0 Å². The van der Waals surface area contributed by atoms with Crippen molar-refractivity contribution in [1.82, 2.24) is 9.97 Å². The summed E-state index contributed by atoms with van der Waals surface area (Å²) in [7, 11) is 2.85. The summed E-state index contributed by atoms with van der Waals surface area (Å²) in [5.41, 5.74) is 2.36. The van der Waals surface area contributed by atoms with Gasteiger partial charge in [0.05, 0.1) is 24.2 Å². The van der Waals surface area contributed by atoms with Gasteiger partial charge in [0.1, 0.15) is 11.3 Å². The van der Waals surface area contributed by atoms with E-state index in [0.717, 1.165) is 9.13 Å². The highest BCUT2D eigenvalue weighted by Crippen LogP contribution is 2.38. The Morgan fingerprint density at radius 2 is 1.88 bits per heavy atom. The minimum atomic E-state index is -0.495. The lowest BCUT2D eigenvalue weighted by atomic mass is 10.0. The average molecular weight is 499 g/mol. The van der Waals surface area contributed by atoms with Gasteiger partial charge in [0.25, 0.3) is 0 Å². The second-order valence-electron chi connectivity index (χ2n) is 4.88. The standard InChI is InChI=1S/C17H12BrIN2O3/c1-23-16-13(17(22)24-2)11-7-20-8-12(18)15(11)21-14(16)9-3-5-10(19)6-4-9/h3-8H,1-2H3. The van der Waals surface area contributed by atoms with Crippen LogP contribution in [-0.4, -0.2) is 30.2 Å². The molecule has 0 fully saturated rings. The first-order chi connectivity index (χ1) is 11.6. The summed E-state index contributed by atoms with van der Waals surface area (Å²) in [6.45, 7) is 0. The van der Waals surface area contributed by atoms with Gasteiger partial charge < -0.3 is 9.47 Å². The number of fused-ring (bicyclic) bond motifs is 1. The number of hydrogen-bond donors (Lipinski definition) is 0. The number of carbonyl (C=O) groups excluding carboxylic acids is 1. The van der Waals surface area contributed by atoms with E-state index < -0.39 is 5.97 Å². The number of rotatable bonds is 3. The Labute approximate surface area is 160 Å². The maximum atomic E-state index is 12.4. The molecule has 24 heavy (non-hydrogen) atoms. The zero-order valence-corrected chi connectivity index (χ0v) is 16.6. The highest BCUT2D eigenvalue weighted by molar-refractivity contribution is 14.1. The monoisotopic (exact) mass is 498 g/mol. The van der Waals surface area contributed by atoms with Gasteiger partial charge in [-0.1, -0.05) is 12.1 Å². The number of benzene rings is 1. The Hall–Kier alpha value is -1.74. The Morgan fingerprint density at radius 1 is 1.17 bits per heavy atom.